The van der Waals surface area contributed by atoms with Gasteiger partial charge in [0.15, 0.2) is 0 Å². The standard InChI is InChI=1S/C13H12F3NO4/c1-2-20-11(18)9-5-3-8(4-6-9)10-7-12(19,21-17-10)13(14,15)16/h3-6,19H,2,7H2,1H3. The number of carbonyl (C=O) groups excluding carboxylic acids is 1. The number of benzene rings is 1. The second-order valence-corrected chi connectivity index (χ2v) is 4.39. The summed E-state index contributed by atoms with van der Waals surface area (Å²) in [5.41, 5.74) is 0.541. The number of aliphatic hydroxyl groups is 1. The Bertz CT molecular complexity index is 568. The van der Waals surface area contributed by atoms with Crippen LogP contribution in [0.15, 0.2) is 29.4 Å². The van der Waals surface area contributed by atoms with Crippen LogP contribution in [0, 0.1) is 0 Å². The van der Waals surface area contributed by atoms with Gasteiger partial charge >= 0.3 is 17.9 Å². The molecule has 0 saturated carbocycles. The van der Waals surface area contributed by atoms with E-state index < -0.39 is 24.4 Å². The van der Waals surface area contributed by atoms with E-state index in [2.05, 4.69) is 9.99 Å². The van der Waals surface area contributed by atoms with Gasteiger partial charge in [0.2, 0.25) is 0 Å². The lowest BCUT2D eigenvalue weighted by molar-refractivity contribution is -0.355. The normalized spacial score (nSPS) is 21.7. The monoisotopic (exact) mass is 303 g/mol. The fraction of sp³-hybridized carbons (Fsp3) is 0.385. The van der Waals surface area contributed by atoms with Gasteiger partial charge in [-0.15, -0.1) is 0 Å². The van der Waals surface area contributed by atoms with Crippen molar-refractivity contribution >= 4 is 11.7 Å². The first kappa shape index (κ1) is 15.3. The Hall–Kier alpha value is -2.09. The van der Waals surface area contributed by atoms with Crippen LogP contribution in [0.3, 0.4) is 0 Å². The molecule has 1 N–H and O–H groups in total. The van der Waals surface area contributed by atoms with Crippen LogP contribution in [-0.2, 0) is 9.57 Å². The Morgan fingerprint density at radius 1 is 1.43 bits per heavy atom. The van der Waals surface area contributed by atoms with Gasteiger partial charge in [0.05, 0.1) is 24.3 Å². The lowest BCUT2D eigenvalue weighted by atomic mass is 10.0. The Kier molecular flexibility index (Phi) is 3.91. The minimum atomic E-state index is -4.94. The molecule has 0 radical (unpaired) electrons. The number of hydrogen-bond donors (Lipinski definition) is 1. The molecule has 1 aromatic rings. The number of ether oxygens (including phenoxy) is 1. The molecule has 0 fully saturated rings. The van der Waals surface area contributed by atoms with Gasteiger partial charge in [-0.2, -0.15) is 13.2 Å². The third-order valence-electron chi connectivity index (χ3n) is 2.89. The predicted molar refractivity (Wildman–Crippen MR) is 65.6 cm³/mol. The Labute approximate surface area is 118 Å². The van der Waals surface area contributed by atoms with E-state index in [4.69, 9.17) is 4.74 Å². The summed E-state index contributed by atoms with van der Waals surface area (Å²) in [5.74, 6) is -3.83. The summed E-state index contributed by atoms with van der Waals surface area (Å²) in [5, 5.41) is 12.6. The molecule has 1 aliphatic heterocycles. The molecule has 21 heavy (non-hydrogen) atoms. The Morgan fingerprint density at radius 2 is 2.05 bits per heavy atom. The fourth-order valence-electron chi connectivity index (χ4n) is 1.74. The van der Waals surface area contributed by atoms with E-state index in [0.717, 1.165) is 0 Å². The molecule has 1 aliphatic rings. The smallest absolute Gasteiger partial charge is 0.458 e. The molecular formula is C13H12F3NO4. The summed E-state index contributed by atoms with van der Waals surface area (Å²) < 4.78 is 42.5. The first-order chi connectivity index (χ1) is 9.77. The van der Waals surface area contributed by atoms with Crippen molar-refractivity contribution in [2.24, 2.45) is 5.16 Å². The highest BCUT2D eigenvalue weighted by molar-refractivity contribution is 6.02. The van der Waals surface area contributed by atoms with Crippen LogP contribution in [0.5, 0.6) is 0 Å². The van der Waals surface area contributed by atoms with Crippen LogP contribution in [0.25, 0.3) is 0 Å². The summed E-state index contributed by atoms with van der Waals surface area (Å²) in [6.45, 7) is 1.88. The first-order valence-electron chi connectivity index (χ1n) is 6.08. The lowest BCUT2D eigenvalue weighted by Crippen LogP contribution is -2.45. The molecule has 114 valence electrons. The third-order valence-corrected chi connectivity index (χ3v) is 2.89. The molecule has 1 heterocycles. The summed E-state index contributed by atoms with van der Waals surface area (Å²) in [6.07, 6.45) is -5.75. The number of hydrogen-bond acceptors (Lipinski definition) is 5. The zero-order chi connectivity index (χ0) is 15.7. The zero-order valence-corrected chi connectivity index (χ0v) is 11.0. The molecule has 0 aromatic heterocycles. The van der Waals surface area contributed by atoms with Crippen molar-refractivity contribution < 1.29 is 32.6 Å². The quantitative estimate of drug-likeness (QED) is 0.870. The van der Waals surface area contributed by atoms with E-state index in [-0.39, 0.29) is 17.9 Å². The van der Waals surface area contributed by atoms with Crippen LogP contribution in [0.2, 0.25) is 0 Å². The number of nitrogens with zero attached hydrogens (tertiary/aromatic N) is 1. The molecule has 1 atom stereocenters. The maximum atomic E-state index is 12.6. The molecule has 0 aliphatic carbocycles. The van der Waals surface area contributed by atoms with Crippen LogP contribution in [0.1, 0.15) is 29.3 Å². The molecule has 1 aromatic carbocycles. The van der Waals surface area contributed by atoms with Crippen molar-refractivity contribution in [1.82, 2.24) is 0 Å². The molecule has 2 rings (SSSR count). The molecule has 0 saturated heterocycles. The average molecular weight is 303 g/mol. The summed E-state index contributed by atoms with van der Waals surface area (Å²) in [7, 11) is 0. The maximum Gasteiger partial charge on any atom is 0.458 e. The second-order valence-electron chi connectivity index (χ2n) is 4.39. The molecule has 0 spiro atoms. The van der Waals surface area contributed by atoms with Gasteiger partial charge in [0.25, 0.3) is 0 Å². The summed E-state index contributed by atoms with van der Waals surface area (Å²) in [6, 6.07) is 5.63. The van der Waals surface area contributed by atoms with E-state index in [1.807, 2.05) is 0 Å². The van der Waals surface area contributed by atoms with Crippen molar-refractivity contribution in [2.75, 3.05) is 6.61 Å². The van der Waals surface area contributed by atoms with Crippen LogP contribution in [0.4, 0.5) is 13.2 Å². The SMILES string of the molecule is CCOC(=O)c1ccc(C2=NOC(O)(C(F)(F)F)C2)cc1. The predicted octanol–water partition coefficient (Wildman–Crippen LogP) is 2.24. The number of esters is 1. The number of carbonyl (C=O) groups is 1. The molecular weight excluding hydrogens is 291 g/mol. The fourth-order valence-corrected chi connectivity index (χ4v) is 1.74. The van der Waals surface area contributed by atoms with Crippen molar-refractivity contribution in [1.29, 1.82) is 0 Å². The van der Waals surface area contributed by atoms with E-state index >= 15 is 0 Å². The van der Waals surface area contributed by atoms with E-state index in [0.29, 0.717) is 5.56 Å². The highest BCUT2D eigenvalue weighted by Crippen LogP contribution is 2.38. The van der Waals surface area contributed by atoms with E-state index in [9.17, 15) is 23.1 Å². The Balaban J connectivity index is 2.13. The molecule has 8 heteroatoms. The van der Waals surface area contributed by atoms with Crippen molar-refractivity contribution in [2.45, 2.75) is 25.3 Å². The van der Waals surface area contributed by atoms with Gasteiger partial charge in [-0.25, -0.2) is 4.79 Å². The lowest BCUT2D eigenvalue weighted by Gasteiger charge is -2.22. The van der Waals surface area contributed by atoms with Gasteiger partial charge in [-0.05, 0) is 24.6 Å². The van der Waals surface area contributed by atoms with Crippen molar-refractivity contribution in [3.05, 3.63) is 35.4 Å². The van der Waals surface area contributed by atoms with Gasteiger partial charge in [-0.1, -0.05) is 17.3 Å². The van der Waals surface area contributed by atoms with Crippen LogP contribution >= 0.6 is 0 Å². The van der Waals surface area contributed by atoms with Gasteiger partial charge in [-0.3, -0.25) is 0 Å². The highest BCUT2D eigenvalue weighted by Gasteiger charge is 2.60. The van der Waals surface area contributed by atoms with E-state index in [1.165, 1.54) is 24.3 Å². The maximum absolute atomic E-state index is 12.6. The topological polar surface area (TPSA) is 68.1 Å². The highest BCUT2D eigenvalue weighted by atomic mass is 19.4. The van der Waals surface area contributed by atoms with Gasteiger partial charge in [0, 0.05) is 0 Å². The number of halogens is 3. The summed E-state index contributed by atoms with van der Waals surface area (Å²) >= 11 is 0. The average Bonchev–Trinajstić information content (AvgIpc) is 2.83. The molecule has 0 amide bonds. The second kappa shape index (κ2) is 5.36. The van der Waals surface area contributed by atoms with Gasteiger partial charge < -0.3 is 14.7 Å². The zero-order valence-electron chi connectivity index (χ0n) is 11.0. The van der Waals surface area contributed by atoms with Crippen molar-refractivity contribution in [3.8, 4) is 0 Å². The third kappa shape index (κ3) is 2.99. The first-order valence-corrected chi connectivity index (χ1v) is 6.08. The van der Waals surface area contributed by atoms with Crippen molar-refractivity contribution in [3.63, 3.8) is 0 Å². The van der Waals surface area contributed by atoms with E-state index in [1.54, 1.807) is 6.92 Å². The number of oxime groups is 1. The molecule has 0 bridgehead atoms. The molecule has 5 nitrogen and oxygen atoms in total. The largest absolute Gasteiger partial charge is 0.462 e. The minimum Gasteiger partial charge on any atom is -0.462 e. The number of rotatable bonds is 3. The van der Waals surface area contributed by atoms with Gasteiger partial charge in [0.1, 0.15) is 0 Å². The summed E-state index contributed by atoms with van der Waals surface area (Å²) in [4.78, 5) is 15.6. The minimum absolute atomic E-state index is 0.0507. The molecule has 1 unspecified atom stereocenters. The number of alkyl halides is 3. The van der Waals surface area contributed by atoms with Crippen LogP contribution < -0.4 is 0 Å². The Morgan fingerprint density at radius 3 is 2.52 bits per heavy atom. The van der Waals surface area contributed by atoms with Crippen LogP contribution in [-0.4, -0.2) is 35.4 Å².